The molecule has 3 aromatic rings. The van der Waals surface area contributed by atoms with Gasteiger partial charge in [-0.05, 0) is 12.1 Å². The molecule has 94 valence electrons. The summed E-state index contributed by atoms with van der Waals surface area (Å²) < 4.78 is 14.3. The van der Waals surface area contributed by atoms with Gasteiger partial charge in [0.15, 0.2) is 0 Å². The quantitative estimate of drug-likeness (QED) is 0.618. The topological polar surface area (TPSA) is 73.6 Å². The molecule has 0 aliphatic carbocycles. The van der Waals surface area contributed by atoms with E-state index in [2.05, 4.69) is 4.42 Å². The molecule has 0 aliphatic heterocycles. The average Bonchev–Trinajstić information content (AvgIpc) is 2.44. The lowest BCUT2D eigenvalue weighted by molar-refractivity contribution is 0.268. The zero-order valence-corrected chi connectivity index (χ0v) is 9.66. The van der Waals surface area contributed by atoms with E-state index in [0.717, 1.165) is 0 Å². The Morgan fingerprint density at radius 2 is 1.00 bits per heavy atom. The summed E-state index contributed by atoms with van der Waals surface area (Å²) in [6, 6.07) is 13.8. The molecule has 0 unspecified atom stereocenters. The van der Waals surface area contributed by atoms with Gasteiger partial charge in [-0.25, -0.2) is 9.59 Å². The molecule has 5 nitrogen and oxygen atoms in total. The molecule has 0 N–H and O–H groups in total. The van der Waals surface area contributed by atoms with E-state index in [0.29, 0.717) is 21.9 Å². The van der Waals surface area contributed by atoms with E-state index in [4.69, 9.17) is 8.83 Å². The second-order valence-electron chi connectivity index (χ2n) is 3.80. The van der Waals surface area contributed by atoms with Gasteiger partial charge in [0.05, 0.1) is 0 Å². The van der Waals surface area contributed by atoms with Gasteiger partial charge in [0, 0.05) is 10.8 Å². The maximum absolute atomic E-state index is 11.4. The first-order valence-electron chi connectivity index (χ1n) is 5.54. The van der Waals surface area contributed by atoms with E-state index in [-0.39, 0.29) is 0 Å². The van der Waals surface area contributed by atoms with Crippen LogP contribution in [-0.2, 0) is 0 Å². The molecule has 19 heavy (non-hydrogen) atoms. The third-order valence-corrected chi connectivity index (χ3v) is 2.62. The number of hydrogen-bond donors (Lipinski definition) is 0. The van der Waals surface area contributed by atoms with Crippen molar-refractivity contribution in [1.29, 1.82) is 0 Å². The zero-order chi connectivity index (χ0) is 13.2. The van der Waals surface area contributed by atoms with Gasteiger partial charge < -0.3 is 13.3 Å². The zero-order valence-electron chi connectivity index (χ0n) is 9.66. The molecular weight excluding hydrogens is 248 g/mol. The number of hydrogen-bond acceptors (Lipinski definition) is 5. The van der Waals surface area contributed by atoms with Crippen molar-refractivity contribution in [2.24, 2.45) is 0 Å². The van der Waals surface area contributed by atoms with Crippen LogP contribution in [0.1, 0.15) is 0 Å². The van der Waals surface area contributed by atoms with E-state index in [1.807, 2.05) is 0 Å². The Bertz CT molecular complexity index is 837. The highest BCUT2D eigenvalue weighted by Crippen LogP contribution is 2.20. The minimum absolute atomic E-state index is 0.304. The van der Waals surface area contributed by atoms with Gasteiger partial charge in [0.2, 0.25) is 0 Å². The van der Waals surface area contributed by atoms with Crippen LogP contribution in [0.3, 0.4) is 0 Å². The minimum Gasteiger partial charge on any atom is -0.394 e. The summed E-state index contributed by atoms with van der Waals surface area (Å²) in [5.74, 6) is -2.24. The van der Waals surface area contributed by atoms with Crippen molar-refractivity contribution in [3.8, 4) is 0 Å². The highest BCUT2D eigenvalue weighted by atomic mass is 16.6. The maximum atomic E-state index is 11.4. The van der Waals surface area contributed by atoms with E-state index in [1.54, 1.807) is 48.5 Å². The predicted octanol–water partition coefficient (Wildman–Crippen LogP) is 2.62. The standard InChI is InChI=1S/C14H8O5/c15-13-17-11-7-3-1-5-9(11)10-6-2-4-8-12(10)18-14(16)19-13/h1-8H. The summed E-state index contributed by atoms with van der Waals surface area (Å²) in [6.45, 7) is 0. The SMILES string of the molecule is O=c1oc(=O)oc2ccccc2c2ccccc2o1. The predicted molar refractivity (Wildman–Crippen MR) is 68.4 cm³/mol. The molecule has 0 bridgehead atoms. The van der Waals surface area contributed by atoms with E-state index in [1.165, 1.54) is 0 Å². The number of fused-ring (bicyclic) bond motifs is 3. The number of para-hydroxylation sites is 2. The van der Waals surface area contributed by atoms with Crippen LogP contribution >= 0.6 is 0 Å². The fourth-order valence-electron chi connectivity index (χ4n) is 1.85. The molecule has 3 rings (SSSR count). The fourth-order valence-corrected chi connectivity index (χ4v) is 1.85. The van der Waals surface area contributed by atoms with Crippen molar-refractivity contribution >= 4 is 21.9 Å². The highest BCUT2D eigenvalue weighted by molar-refractivity contribution is 6.01. The maximum Gasteiger partial charge on any atom is 0.524 e. The van der Waals surface area contributed by atoms with Crippen molar-refractivity contribution < 1.29 is 13.3 Å². The molecule has 0 saturated heterocycles. The monoisotopic (exact) mass is 256 g/mol. The fraction of sp³-hybridized carbons (Fsp3) is 0. The summed E-state index contributed by atoms with van der Waals surface area (Å²) in [5.41, 5.74) is 0.608. The molecule has 0 saturated carbocycles. The molecule has 5 heteroatoms. The third kappa shape index (κ3) is 2.13. The summed E-state index contributed by atoms with van der Waals surface area (Å²) in [7, 11) is 0. The van der Waals surface area contributed by atoms with Crippen molar-refractivity contribution in [3.05, 3.63) is 69.8 Å². The molecule has 0 radical (unpaired) electrons. The molecule has 0 aliphatic rings. The van der Waals surface area contributed by atoms with Crippen LogP contribution < -0.4 is 11.6 Å². The van der Waals surface area contributed by atoms with Crippen molar-refractivity contribution in [3.63, 3.8) is 0 Å². The molecule has 1 aromatic heterocycles. The van der Waals surface area contributed by atoms with Crippen molar-refractivity contribution in [2.75, 3.05) is 0 Å². The van der Waals surface area contributed by atoms with Gasteiger partial charge in [0.25, 0.3) is 0 Å². The van der Waals surface area contributed by atoms with Gasteiger partial charge in [-0.15, -0.1) is 0 Å². The Morgan fingerprint density at radius 1 is 0.579 bits per heavy atom. The Labute approximate surface area is 106 Å². The van der Waals surface area contributed by atoms with Gasteiger partial charge in [0.1, 0.15) is 11.2 Å². The molecule has 0 fully saturated rings. The first kappa shape index (κ1) is 11.3. The Balaban J connectivity index is 2.74. The van der Waals surface area contributed by atoms with E-state index >= 15 is 0 Å². The molecule has 2 aromatic carbocycles. The first-order chi connectivity index (χ1) is 9.24. The van der Waals surface area contributed by atoms with Crippen LogP contribution in [0.2, 0.25) is 0 Å². The van der Waals surface area contributed by atoms with Crippen LogP contribution in [0.4, 0.5) is 0 Å². The van der Waals surface area contributed by atoms with Crippen molar-refractivity contribution in [2.45, 2.75) is 0 Å². The van der Waals surface area contributed by atoms with Crippen LogP contribution in [0.25, 0.3) is 21.9 Å². The van der Waals surface area contributed by atoms with Gasteiger partial charge in [-0.1, -0.05) is 36.4 Å². The Hall–Kier alpha value is -2.82. The number of rotatable bonds is 0. The Kier molecular flexibility index (Phi) is 2.64. The average molecular weight is 256 g/mol. The largest absolute Gasteiger partial charge is 0.524 e. The smallest absolute Gasteiger partial charge is 0.394 e. The van der Waals surface area contributed by atoms with E-state index < -0.39 is 11.6 Å². The van der Waals surface area contributed by atoms with Crippen molar-refractivity contribution in [1.82, 2.24) is 0 Å². The highest BCUT2D eigenvalue weighted by Gasteiger charge is 2.01. The lowest BCUT2D eigenvalue weighted by Gasteiger charge is -1.95. The third-order valence-electron chi connectivity index (χ3n) is 2.62. The minimum atomic E-state index is -1.12. The molecule has 0 spiro atoms. The molecule has 1 heterocycles. The lowest BCUT2D eigenvalue weighted by atomic mass is 10.1. The van der Waals surface area contributed by atoms with Crippen LogP contribution in [0.15, 0.2) is 71.4 Å². The van der Waals surface area contributed by atoms with Gasteiger partial charge in [-0.2, -0.15) is 0 Å². The summed E-state index contributed by atoms with van der Waals surface area (Å²) in [5, 5.41) is 1.29. The summed E-state index contributed by atoms with van der Waals surface area (Å²) >= 11 is 0. The second kappa shape index (κ2) is 4.45. The van der Waals surface area contributed by atoms with Gasteiger partial charge in [-0.3, -0.25) is 0 Å². The van der Waals surface area contributed by atoms with Gasteiger partial charge >= 0.3 is 11.6 Å². The molecular formula is C14H8O5. The van der Waals surface area contributed by atoms with Crippen LogP contribution in [0, 0.1) is 0 Å². The lowest BCUT2D eigenvalue weighted by Crippen LogP contribution is -2.03. The Morgan fingerprint density at radius 3 is 1.47 bits per heavy atom. The molecule has 0 atom stereocenters. The second-order valence-corrected chi connectivity index (χ2v) is 3.80. The first-order valence-corrected chi connectivity index (χ1v) is 5.54. The number of benzene rings is 2. The normalized spacial score (nSPS) is 10.5. The summed E-state index contributed by atoms with van der Waals surface area (Å²) in [4.78, 5) is 22.7. The van der Waals surface area contributed by atoms with Crippen LogP contribution in [-0.4, -0.2) is 0 Å². The molecule has 0 amide bonds. The van der Waals surface area contributed by atoms with E-state index in [9.17, 15) is 9.59 Å². The van der Waals surface area contributed by atoms with Crippen LogP contribution in [0.5, 0.6) is 0 Å². The summed E-state index contributed by atoms with van der Waals surface area (Å²) in [6.07, 6.45) is 0.